The lowest BCUT2D eigenvalue weighted by atomic mass is 10.0. The van der Waals surface area contributed by atoms with E-state index in [1.54, 1.807) is 18.9 Å². The molecule has 7 heteroatoms. The molecule has 0 amide bonds. The largest absolute Gasteiger partial charge is 0.497 e. The van der Waals surface area contributed by atoms with Crippen LogP contribution in [0.2, 0.25) is 0 Å². The standard InChI is InChI=1S/C36H34N4O3/c1-4-5-6-8-25-11-13-26(14-12-25)33-24-40(39-38-33)30-10-7-9-29(23-30)36-37-34(27-15-19-31(41-2)20-16-27)35(43-36)28-17-21-32(42-3)22-18-28/h7,9-24H,4-6,8H2,1-3H3. The van der Waals surface area contributed by atoms with E-state index >= 15 is 0 Å². The van der Waals surface area contributed by atoms with Gasteiger partial charge in [-0.1, -0.05) is 55.3 Å². The van der Waals surface area contributed by atoms with Crippen LogP contribution >= 0.6 is 0 Å². The minimum atomic E-state index is 0.512. The highest BCUT2D eigenvalue weighted by atomic mass is 16.5. The maximum Gasteiger partial charge on any atom is 0.227 e. The zero-order valence-corrected chi connectivity index (χ0v) is 24.7. The SMILES string of the molecule is CCCCCc1ccc(-c2cn(-c3cccc(-c4nc(-c5ccc(OC)cc5)c(-c5ccc(OC)cc5)o4)c3)nn2)cc1. The van der Waals surface area contributed by atoms with E-state index in [9.17, 15) is 0 Å². The third-order valence-corrected chi connectivity index (χ3v) is 7.51. The number of nitrogens with zero attached hydrogens (tertiary/aromatic N) is 4. The Kier molecular flexibility index (Phi) is 8.31. The van der Waals surface area contributed by atoms with Gasteiger partial charge in [0, 0.05) is 22.3 Å². The molecule has 6 aromatic rings. The molecule has 6 rings (SSSR count). The summed E-state index contributed by atoms with van der Waals surface area (Å²) >= 11 is 0. The molecule has 0 saturated heterocycles. The van der Waals surface area contributed by atoms with Crippen LogP contribution in [0, 0.1) is 0 Å². The van der Waals surface area contributed by atoms with Crippen molar-refractivity contribution in [2.75, 3.05) is 14.2 Å². The number of hydrogen-bond donors (Lipinski definition) is 0. The van der Waals surface area contributed by atoms with E-state index in [0.29, 0.717) is 11.7 Å². The first-order valence-corrected chi connectivity index (χ1v) is 14.6. The van der Waals surface area contributed by atoms with Gasteiger partial charge >= 0.3 is 0 Å². The number of oxazole rings is 1. The fourth-order valence-corrected chi connectivity index (χ4v) is 5.05. The number of aryl methyl sites for hydroxylation is 1. The summed E-state index contributed by atoms with van der Waals surface area (Å²) in [7, 11) is 3.31. The Morgan fingerprint density at radius 2 is 1.40 bits per heavy atom. The van der Waals surface area contributed by atoms with Gasteiger partial charge < -0.3 is 13.9 Å². The summed E-state index contributed by atoms with van der Waals surface area (Å²) in [6.45, 7) is 2.23. The van der Waals surface area contributed by atoms with Crippen molar-refractivity contribution in [2.24, 2.45) is 0 Å². The second kappa shape index (κ2) is 12.8. The zero-order valence-electron chi connectivity index (χ0n) is 24.7. The maximum atomic E-state index is 6.45. The Morgan fingerprint density at radius 1 is 0.721 bits per heavy atom. The molecule has 7 nitrogen and oxygen atoms in total. The van der Waals surface area contributed by atoms with Crippen molar-refractivity contribution in [3.8, 4) is 62.5 Å². The summed E-state index contributed by atoms with van der Waals surface area (Å²) in [4.78, 5) is 4.96. The molecule has 0 fully saturated rings. The predicted octanol–water partition coefficient (Wildman–Crippen LogP) is 8.67. The topological polar surface area (TPSA) is 75.2 Å². The number of benzene rings is 4. The molecule has 216 valence electrons. The van der Waals surface area contributed by atoms with E-state index in [1.165, 1.54) is 24.8 Å². The second-order valence-corrected chi connectivity index (χ2v) is 10.4. The van der Waals surface area contributed by atoms with Gasteiger partial charge in [-0.2, -0.15) is 0 Å². The Hall–Kier alpha value is -5.17. The van der Waals surface area contributed by atoms with E-state index in [-0.39, 0.29) is 0 Å². The highest BCUT2D eigenvalue weighted by Gasteiger charge is 2.19. The van der Waals surface area contributed by atoms with Crippen LogP contribution in [-0.4, -0.2) is 34.2 Å². The molecule has 2 aromatic heterocycles. The summed E-state index contributed by atoms with van der Waals surface area (Å²) in [5.74, 6) is 2.74. The van der Waals surface area contributed by atoms with Gasteiger partial charge in [-0.25, -0.2) is 9.67 Å². The van der Waals surface area contributed by atoms with Gasteiger partial charge in [0.15, 0.2) is 5.76 Å². The minimum Gasteiger partial charge on any atom is -0.497 e. The zero-order chi connectivity index (χ0) is 29.6. The molecular weight excluding hydrogens is 536 g/mol. The molecule has 0 aliphatic heterocycles. The van der Waals surface area contributed by atoms with Crippen LogP contribution in [0.3, 0.4) is 0 Å². The molecule has 0 N–H and O–H groups in total. The highest BCUT2D eigenvalue weighted by Crippen LogP contribution is 2.37. The van der Waals surface area contributed by atoms with Crippen molar-refractivity contribution >= 4 is 0 Å². The summed E-state index contributed by atoms with van der Waals surface area (Å²) < 4.78 is 18.9. The first-order valence-electron chi connectivity index (χ1n) is 14.6. The molecule has 0 atom stereocenters. The monoisotopic (exact) mass is 570 g/mol. The van der Waals surface area contributed by atoms with Crippen LogP contribution in [0.25, 0.3) is 51.0 Å². The lowest BCUT2D eigenvalue weighted by molar-refractivity contribution is 0.414. The predicted molar refractivity (Wildman–Crippen MR) is 169 cm³/mol. The average molecular weight is 571 g/mol. The van der Waals surface area contributed by atoms with Crippen molar-refractivity contribution in [2.45, 2.75) is 32.6 Å². The molecule has 0 bridgehead atoms. The van der Waals surface area contributed by atoms with E-state index in [4.69, 9.17) is 18.9 Å². The molecule has 0 spiro atoms. The second-order valence-electron chi connectivity index (χ2n) is 10.4. The molecule has 0 saturated carbocycles. The van der Waals surface area contributed by atoms with Crippen LogP contribution in [0.5, 0.6) is 11.5 Å². The van der Waals surface area contributed by atoms with E-state index in [0.717, 1.165) is 57.2 Å². The summed E-state index contributed by atoms with van der Waals surface area (Å²) in [5, 5.41) is 8.87. The number of hydrogen-bond acceptors (Lipinski definition) is 6. The van der Waals surface area contributed by atoms with Gasteiger partial charge in [-0.15, -0.1) is 5.10 Å². The van der Waals surface area contributed by atoms with Gasteiger partial charge in [-0.3, -0.25) is 0 Å². The molecule has 43 heavy (non-hydrogen) atoms. The van der Waals surface area contributed by atoms with Crippen LogP contribution in [0.15, 0.2) is 108 Å². The molecule has 0 aliphatic rings. The molecule has 0 unspecified atom stereocenters. The summed E-state index contributed by atoms with van der Waals surface area (Å²) in [6, 6.07) is 32.2. The van der Waals surface area contributed by atoms with E-state index < -0.39 is 0 Å². The Morgan fingerprint density at radius 3 is 2.07 bits per heavy atom. The van der Waals surface area contributed by atoms with Crippen LogP contribution in [0.4, 0.5) is 0 Å². The van der Waals surface area contributed by atoms with E-state index in [2.05, 4.69) is 41.5 Å². The third-order valence-electron chi connectivity index (χ3n) is 7.51. The van der Waals surface area contributed by atoms with Gasteiger partial charge in [0.25, 0.3) is 0 Å². The molecule has 0 radical (unpaired) electrons. The van der Waals surface area contributed by atoms with Crippen LogP contribution in [-0.2, 0) is 6.42 Å². The molecule has 4 aromatic carbocycles. The minimum absolute atomic E-state index is 0.512. The average Bonchev–Trinajstić information content (AvgIpc) is 3.74. The first kappa shape index (κ1) is 28.0. The molecule has 0 aliphatic carbocycles. The van der Waals surface area contributed by atoms with Gasteiger partial charge in [0.2, 0.25) is 5.89 Å². The fraction of sp³-hybridized carbons (Fsp3) is 0.194. The first-order chi connectivity index (χ1) is 21.1. The fourth-order valence-electron chi connectivity index (χ4n) is 5.05. The van der Waals surface area contributed by atoms with Crippen molar-refractivity contribution in [3.63, 3.8) is 0 Å². The Balaban J connectivity index is 1.31. The van der Waals surface area contributed by atoms with Crippen molar-refractivity contribution in [1.29, 1.82) is 0 Å². The smallest absolute Gasteiger partial charge is 0.227 e. The maximum absolute atomic E-state index is 6.45. The Labute approximate surface area is 251 Å². The van der Waals surface area contributed by atoms with Crippen molar-refractivity contribution < 1.29 is 13.9 Å². The summed E-state index contributed by atoms with van der Waals surface area (Å²) in [6.07, 6.45) is 6.76. The lowest BCUT2D eigenvalue weighted by Crippen LogP contribution is -1.95. The number of unbranched alkanes of at least 4 members (excludes halogenated alkanes) is 2. The third kappa shape index (κ3) is 6.21. The van der Waals surface area contributed by atoms with Gasteiger partial charge in [0.1, 0.15) is 22.9 Å². The van der Waals surface area contributed by atoms with Gasteiger partial charge in [-0.05, 0) is 85.1 Å². The highest BCUT2D eigenvalue weighted by molar-refractivity contribution is 5.79. The number of ether oxygens (including phenoxy) is 2. The molecule has 2 heterocycles. The number of methoxy groups -OCH3 is 2. The van der Waals surface area contributed by atoms with E-state index in [1.807, 2.05) is 79.0 Å². The van der Waals surface area contributed by atoms with Crippen molar-refractivity contribution in [3.05, 3.63) is 109 Å². The van der Waals surface area contributed by atoms with Crippen LogP contribution < -0.4 is 9.47 Å². The summed E-state index contributed by atoms with van der Waals surface area (Å²) in [5.41, 5.74) is 7.49. The molecular formula is C36H34N4O3. The number of aromatic nitrogens is 4. The quantitative estimate of drug-likeness (QED) is 0.145. The van der Waals surface area contributed by atoms with Gasteiger partial charge in [0.05, 0.1) is 26.1 Å². The Bertz CT molecular complexity index is 1720. The number of rotatable bonds is 11. The van der Waals surface area contributed by atoms with Crippen LogP contribution in [0.1, 0.15) is 31.7 Å². The lowest BCUT2D eigenvalue weighted by Gasteiger charge is -2.04. The van der Waals surface area contributed by atoms with Crippen molar-refractivity contribution in [1.82, 2.24) is 20.0 Å². The normalized spacial score (nSPS) is 11.0.